The third-order valence-corrected chi connectivity index (χ3v) is 7.51. The molecular weight excluding hydrogens is 444 g/mol. The first-order valence-corrected chi connectivity index (χ1v) is 12.5. The van der Waals surface area contributed by atoms with Crippen molar-refractivity contribution in [2.75, 3.05) is 13.7 Å². The molecule has 0 heterocycles. The number of carboxylic acids is 1. The zero-order valence-corrected chi connectivity index (χ0v) is 20.4. The van der Waals surface area contributed by atoms with E-state index in [9.17, 15) is 19.5 Å². The molecule has 0 aromatic heterocycles. The number of carbonyl (C=O) groups is 3. The van der Waals surface area contributed by atoms with Crippen molar-refractivity contribution in [3.63, 3.8) is 0 Å². The molecule has 0 aliphatic heterocycles. The van der Waals surface area contributed by atoms with Gasteiger partial charge in [0.2, 0.25) is 5.91 Å². The number of carbonyl (C=O) groups excluding carboxylic acids is 2. The second-order valence-electron chi connectivity index (χ2n) is 9.73. The van der Waals surface area contributed by atoms with E-state index in [1.54, 1.807) is 0 Å². The number of carboxylic acid groups (broad SMARTS) is 1. The Morgan fingerprint density at radius 2 is 1.57 bits per heavy atom. The Morgan fingerprint density at radius 3 is 2.14 bits per heavy atom. The minimum absolute atomic E-state index is 0.0737. The highest BCUT2D eigenvalue weighted by molar-refractivity contribution is 5.89. The highest BCUT2D eigenvalue weighted by Gasteiger charge is 2.33. The van der Waals surface area contributed by atoms with Gasteiger partial charge in [0.15, 0.2) is 0 Å². The van der Waals surface area contributed by atoms with Gasteiger partial charge in [-0.3, -0.25) is 4.79 Å². The standard InChI is InChI=1S/C28H34N2O5/c1-18(27(32)33)30(2)26(31)25(16-19-10-4-3-5-11-19)29-28(34)35-17-24-22-14-8-6-12-20(22)21-13-7-9-15-23(21)24/h6-9,12-15,18-19,24-25H,3-5,10-11,16-17H2,1-2H3,(H,29,34)(H,32,33)/t18-,25?/m0/s1. The number of ether oxygens (including phenoxy) is 1. The van der Waals surface area contributed by atoms with Crippen LogP contribution in [-0.2, 0) is 14.3 Å². The predicted octanol–water partition coefficient (Wildman–Crippen LogP) is 4.80. The molecule has 7 heteroatoms. The normalized spacial score (nSPS) is 17.1. The van der Waals surface area contributed by atoms with Crippen LogP contribution in [0.3, 0.4) is 0 Å². The third kappa shape index (κ3) is 5.50. The number of hydrogen-bond acceptors (Lipinski definition) is 4. The lowest BCUT2D eigenvalue weighted by molar-refractivity contribution is -0.149. The maximum Gasteiger partial charge on any atom is 0.407 e. The average Bonchev–Trinajstić information content (AvgIpc) is 3.20. The molecular formula is C28H34N2O5. The maximum absolute atomic E-state index is 13.2. The van der Waals surface area contributed by atoms with Gasteiger partial charge < -0.3 is 20.1 Å². The van der Waals surface area contributed by atoms with Gasteiger partial charge in [0, 0.05) is 13.0 Å². The van der Waals surface area contributed by atoms with E-state index in [2.05, 4.69) is 29.6 Å². The van der Waals surface area contributed by atoms with Crippen molar-refractivity contribution < 1.29 is 24.2 Å². The van der Waals surface area contributed by atoms with Crippen molar-refractivity contribution >= 4 is 18.0 Å². The Hall–Kier alpha value is -3.35. The van der Waals surface area contributed by atoms with Gasteiger partial charge in [-0.05, 0) is 41.5 Å². The van der Waals surface area contributed by atoms with Gasteiger partial charge in [0.25, 0.3) is 0 Å². The molecule has 2 N–H and O–H groups in total. The van der Waals surface area contributed by atoms with Crippen LogP contribution < -0.4 is 5.32 Å². The minimum Gasteiger partial charge on any atom is -0.480 e. The Morgan fingerprint density at radius 1 is 1.00 bits per heavy atom. The number of nitrogens with one attached hydrogen (secondary N) is 1. The van der Waals surface area contributed by atoms with Crippen LogP contribution in [0.15, 0.2) is 48.5 Å². The number of rotatable bonds is 8. The number of likely N-dealkylation sites (N-methyl/N-ethyl adjacent to an activating group) is 1. The fraction of sp³-hybridized carbons (Fsp3) is 0.464. The van der Waals surface area contributed by atoms with Crippen molar-refractivity contribution in [1.82, 2.24) is 10.2 Å². The van der Waals surface area contributed by atoms with Crippen LogP contribution in [-0.4, -0.2) is 53.7 Å². The van der Waals surface area contributed by atoms with Crippen LogP contribution in [0.4, 0.5) is 4.79 Å². The summed E-state index contributed by atoms with van der Waals surface area (Å²) in [5.41, 5.74) is 4.52. The lowest BCUT2D eigenvalue weighted by Gasteiger charge is -2.30. The van der Waals surface area contributed by atoms with Crippen LogP contribution in [0.2, 0.25) is 0 Å². The number of benzene rings is 2. The summed E-state index contributed by atoms with van der Waals surface area (Å²) >= 11 is 0. The molecule has 1 unspecified atom stereocenters. The van der Waals surface area contributed by atoms with E-state index in [1.807, 2.05) is 24.3 Å². The second-order valence-corrected chi connectivity index (χ2v) is 9.73. The zero-order chi connectivity index (χ0) is 24.9. The van der Waals surface area contributed by atoms with Gasteiger partial charge in [0.05, 0.1) is 0 Å². The molecule has 0 bridgehead atoms. The number of alkyl carbamates (subject to hydrolysis) is 1. The topological polar surface area (TPSA) is 95.9 Å². The van der Waals surface area contributed by atoms with Crippen LogP contribution >= 0.6 is 0 Å². The zero-order valence-electron chi connectivity index (χ0n) is 20.4. The fourth-order valence-corrected chi connectivity index (χ4v) is 5.36. The molecule has 2 aromatic carbocycles. The maximum atomic E-state index is 13.2. The first-order chi connectivity index (χ1) is 16.9. The van der Waals surface area contributed by atoms with Gasteiger partial charge in [-0.15, -0.1) is 0 Å². The highest BCUT2D eigenvalue weighted by Crippen LogP contribution is 2.44. The highest BCUT2D eigenvalue weighted by atomic mass is 16.5. The number of hydrogen-bond donors (Lipinski definition) is 2. The van der Waals surface area contributed by atoms with Crippen molar-refractivity contribution in [2.45, 2.75) is 63.5 Å². The van der Waals surface area contributed by atoms with Gasteiger partial charge >= 0.3 is 12.1 Å². The van der Waals surface area contributed by atoms with E-state index in [4.69, 9.17) is 4.74 Å². The van der Waals surface area contributed by atoms with Gasteiger partial charge in [-0.1, -0.05) is 80.6 Å². The lowest BCUT2D eigenvalue weighted by Crippen LogP contribution is -2.52. The minimum atomic E-state index is -1.08. The van der Waals surface area contributed by atoms with Crippen LogP contribution in [0.25, 0.3) is 11.1 Å². The van der Waals surface area contributed by atoms with E-state index in [0.29, 0.717) is 12.3 Å². The van der Waals surface area contributed by atoms with E-state index < -0.39 is 30.1 Å². The molecule has 2 atom stereocenters. The molecule has 0 radical (unpaired) electrons. The molecule has 0 spiro atoms. The number of amides is 2. The van der Waals surface area contributed by atoms with Gasteiger partial charge in [0.1, 0.15) is 18.7 Å². The summed E-state index contributed by atoms with van der Waals surface area (Å²) < 4.78 is 5.66. The first-order valence-electron chi connectivity index (χ1n) is 12.5. The van der Waals surface area contributed by atoms with Crippen molar-refractivity contribution in [1.29, 1.82) is 0 Å². The molecule has 4 rings (SSSR count). The number of fused-ring (bicyclic) bond motifs is 3. The lowest BCUT2D eigenvalue weighted by atomic mass is 9.84. The molecule has 186 valence electrons. The smallest absolute Gasteiger partial charge is 0.407 e. The Labute approximate surface area is 206 Å². The van der Waals surface area contributed by atoms with E-state index in [0.717, 1.165) is 47.9 Å². The average molecular weight is 479 g/mol. The summed E-state index contributed by atoms with van der Waals surface area (Å²) in [4.78, 5) is 38.7. The van der Waals surface area contributed by atoms with Crippen molar-refractivity contribution in [3.8, 4) is 11.1 Å². The molecule has 0 saturated heterocycles. The Kier molecular flexibility index (Phi) is 7.73. The molecule has 2 aromatic rings. The first kappa shape index (κ1) is 24.8. The molecule has 2 aliphatic carbocycles. The third-order valence-electron chi connectivity index (χ3n) is 7.51. The summed E-state index contributed by atoms with van der Waals surface area (Å²) in [5.74, 6) is -1.24. The van der Waals surface area contributed by atoms with Crippen LogP contribution in [0.1, 0.15) is 62.5 Å². The van der Waals surface area contributed by atoms with Gasteiger partial charge in [-0.2, -0.15) is 0 Å². The van der Waals surface area contributed by atoms with Crippen LogP contribution in [0.5, 0.6) is 0 Å². The molecule has 1 saturated carbocycles. The van der Waals surface area contributed by atoms with E-state index >= 15 is 0 Å². The van der Waals surface area contributed by atoms with Crippen LogP contribution in [0, 0.1) is 5.92 Å². The predicted molar refractivity (Wildman–Crippen MR) is 133 cm³/mol. The Bertz CT molecular complexity index is 1030. The largest absolute Gasteiger partial charge is 0.480 e. The Balaban J connectivity index is 1.45. The summed E-state index contributed by atoms with van der Waals surface area (Å²) in [6, 6.07) is 14.4. The van der Waals surface area contributed by atoms with Crippen molar-refractivity contribution in [3.05, 3.63) is 59.7 Å². The van der Waals surface area contributed by atoms with E-state index in [-0.39, 0.29) is 12.5 Å². The number of nitrogens with zero attached hydrogens (tertiary/aromatic N) is 1. The summed E-state index contributed by atoms with van der Waals surface area (Å²) in [7, 11) is 1.47. The van der Waals surface area contributed by atoms with Gasteiger partial charge in [-0.25, -0.2) is 9.59 Å². The molecule has 2 amide bonds. The molecule has 2 aliphatic rings. The SMILES string of the molecule is C[C@@H](C(=O)O)N(C)C(=O)C(CC1CCCCC1)NC(=O)OCC1c2ccccc2-c2ccccc21. The molecule has 7 nitrogen and oxygen atoms in total. The molecule has 35 heavy (non-hydrogen) atoms. The summed E-state index contributed by atoms with van der Waals surface area (Å²) in [5, 5.41) is 12.1. The monoisotopic (exact) mass is 478 g/mol. The number of aliphatic carboxylic acids is 1. The van der Waals surface area contributed by atoms with Crippen molar-refractivity contribution in [2.24, 2.45) is 5.92 Å². The fourth-order valence-electron chi connectivity index (χ4n) is 5.36. The molecule has 1 fully saturated rings. The second kappa shape index (κ2) is 10.9. The summed E-state index contributed by atoms with van der Waals surface area (Å²) in [6.07, 6.45) is 5.25. The van der Waals surface area contributed by atoms with E-state index in [1.165, 1.54) is 25.3 Å². The quantitative estimate of drug-likeness (QED) is 0.568. The summed E-state index contributed by atoms with van der Waals surface area (Å²) in [6.45, 7) is 1.62.